The van der Waals surface area contributed by atoms with E-state index in [0.717, 1.165) is 23.8 Å². The molecule has 3 rings (SSSR count). The third-order valence-corrected chi connectivity index (χ3v) is 3.97. The van der Waals surface area contributed by atoms with Gasteiger partial charge in [0.05, 0.1) is 0 Å². The van der Waals surface area contributed by atoms with E-state index in [4.69, 9.17) is 0 Å². The molecule has 0 N–H and O–H groups in total. The molecular formula is C21H18F2N2O. The van der Waals surface area contributed by atoms with Crippen LogP contribution in [0.4, 0.5) is 8.78 Å². The lowest BCUT2D eigenvalue weighted by molar-refractivity contribution is -0.118. The minimum Gasteiger partial charge on any atom is -0.329 e. The van der Waals surface area contributed by atoms with Gasteiger partial charge in [0, 0.05) is 19.2 Å². The molecule has 132 valence electrons. The van der Waals surface area contributed by atoms with E-state index in [1.807, 2.05) is 47.2 Å². The van der Waals surface area contributed by atoms with E-state index in [1.165, 1.54) is 0 Å². The fourth-order valence-electron chi connectivity index (χ4n) is 2.64. The maximum absolute atomic E-state index is 13.6. The summed E-state index contributed by atoms with van der Waals surface area (Å²) in [4.78, 5) is 16.3. The van der Waals surface area contributed by atoms with E-state index in [9.17, 15) is 13.6 Å². The first-order chi connectivity index (χ1) is 12.6. The summed E-state index contributed by atoms with van der Waals surface area (Å²) in [7, 11) is 0. The van der Waals surface area contributed by atoms with Crippen molar-refractivity contribution >= 4 is 5.91 Å². The number of rotatable bonds is 5. The minimum absolute atomic E-state index is 0.0145. The Morgan fingerprint density at radius 2 is 1.73 bits per heavy atom. The summed E-state index contributed by atoms with van der Waals surface area (Å²) in [5, 5.41) is 0. The topological polar surface area (TPSA) is 34.4 Å². The number of pyridine rings is 1. The zero-order valence-electron chi connectivity index (χ0n) is 14.1. The maximum atomic E-state index is 13.6. The molecule has 1 amide bonds. The molecule has 3 nitrogen and oxygen atoms in total. The number of benzene rings is 2. The largest absolute Gasteiger partial charge is 0.329 e. The first kappa shape index (κ1) is 17.7. The number of carbonyl (C=O) groups is 1. The number of nitrogens with zero attached hydrogens (tertiary/aromatic N) is 2. The van der Waals surface area contributed by atoms with Crippen molar-refractivity contribution < 1.29 is 13.6 Å². The Morgan fingerprint density at radius 1 is 0.962 bits per heavy atom. The average molecular weight is 352 g/mol. The summed E-state index contributed by atoms with van der Waals surface area (Å²) in [6.45, 7) is 0.590. The third-order valence-electron chi connectivity index (χ3n) is 3.97. The molecule has 0 aliphatic carbocycles. The fraction of sp³-hybridized carbons (Fsp3) is 0.143. The van der Waals surface area contributed by atoms with E-state index in [2.05, 4.69) is 4.99 Å². The van der Waals surface area contributed by atoms with E-state index in [-0.39, 0.29) is 24.3 Å². The monoisotopic (exact) mass is 352 g/mol. The maximum Gasteiger partial charge on any atom is 0.247 e. The van der Waals surface area contributed by atoms with Crippen LogP contribution in [0, 0.1) is 11.6 Å². The van der Waals surface area contributed by atoms with Crippen molar-refractivity contribution in [3.05, 3.63) is 101 Å². The van der Waals surface area contributed by atoms with Gasteiger partial charge in [-0.15, -0.1) is 0 Å². The number of amides is 1. The standard InChI is InChI=1S/C21H18F2N2O/c22-18-10-11-19(23)17(14-18)9-12-21(26)24-20-8-4-5-13-25(20)15-16-6-2-1-3-7-16/h1-8,10-11,13-14H,9,12,15H2. The zero-order chi connectivity index (χ0) is 18.4. The first-order valence-electron chi connectivity index (χ1n) is 8.33. The number of hydrogen-bond donors (Lipinski definition) is 0. The van der Waals surface area contributed by atoms with Crippen LogP contribution in [0.1, 0.15) is 17.5 Å². The highest BCUT2D eigenvalue weighted by Gasteiger charge is 2.07. The van der Waals surface area contributed by atoms with Crippen LogP contribution < -0.4 is 5.49 Å². The predicted molar refractivity (Wildman–Crippen MR) is 95.2 cm³/mol. The highest BCUT2D eigenvalue weighted by atomic mass is 19.1. The van der Waals surface area contributed by atoms with E-state index in [1.54, 1.807) is 12.1 Å². The van der Waals surface area contributed by atoms with Gasteiger partial charge in [-0.2, -0.15) is 4.99 Å². The average Bonchev–Trinajstić information content (AvgIpc) is 2.65. The van der Waals surface area contributed by atoms with Crippen LogP contribution >= 0.6 is 0 Å². The van der Waals surface area contributed by atoms with Crippen LogP contribution in [0.2, 0.25) is 0 Å². The van der Waals surface area contributed by atoms with Crippen LogP contribution in [-0.2, 0) is 17.8 Å². The minimum atomic E-state index is -0.519. The van der Waals surface area contributed by atoms with Gasteiger partial charge in [0.15, 0.2) is 0 Å². The lowest BCUT2D eigenvalue weighted by Crippen LogP contribution is -2.22. The smallest absolute Gasteiger partial charge is 0.247 e. The molecule has 0 unspecified atom stereocenters. The summed E-state index contributed by atoms with van der Waals surface area (Å²) in [5.41, 5.74) is 1.80. The van der Waals surface area contributed by atoms with Crippen molar-refractivity contribution in [1.29, 1.82) is 0 Å². The summed E-state index contributed by atoms with van der Waals surface area (Å²) >= 11 is 0. The van der Waals surface area contributed by atoms with Crippen molar-refractivity contribution in [2.45, 2.75) is 19.4 Å². The van der Waals surface area contributed by atoms with E-state index < -0.39 is 11.6 Å². The Morgan fingerprint density at radius 3 is 2.54 bits per heavy atom. The molecule has 0 radical (unpaired) electrons. The van der Waals surface area contributed by atoms with Crippen molar-refractivity contribution in [3.8, 4) is 0 Å². The second-order valence-corrected chi connectivity index (χ2v) is 5.91. The molecule has 5 heteroatoms. The molecule has 0 fully saturated rings. The molecule has 26 heavy (non-hydrogen) atoms. The molecule has 0 saturated carbocycles. The second kappa shape index (κ2) is 8.34. The summed E-state index contributed by atoms with van der Waals surface area (Å²) < 4.78 is 28.7. The van der Waals surface area contributed by atoms with Crippen LogP contribution in [0.5, 0.6) is 0 Å². The molecule has 0 bridgehead atoms. The highest BCUT2D eigenvalue weighted by Crippen LogP contribution is 2.12. The van der Waals surface area contributed by atoms with Gasteiger partial charge in [0.1, 0.15) is 17.1 Å². The summed E-state index contributed by atoms with van der Waals surface area (Å²) in [6, 6.07) is 18.5. The third kappa shape index (κ3) is 4.72. The molecule has 0 aliphatic rings. The van der Waals surface area contributed by atoms with Crippen molar-refractivity contribution in [3.63, 3.8) is 0 Å². The Hall–Kier alpha value is -3.08. The molecule has 0 atom stereocenters. The van der Waals surface area contributed by atoms with Crippen LogP contribution in [0.3, 0.4) is 0 Å². The lowest BCUT2D eigenvalue weighted by Gasteiger charge is -2.07. The number of halogens is 2. The van der Waals surface area contributed by atoms with E-state index in [0.29, 0.717) is 12.0 Å². The van der Waals surface area contributed by atoms with Gasteiger partial charge in [-0.1, -0.05) is 36.4 Å². The van der Waals surface area contributed by atoms with Crippen molar-refractivity contribution in [1.82, 2.24) is 4.57 Å². The Labute approximate surface area is 150 Å². The highest BCUT2D eigenvalue weighted by molar-refractivity contribution is 5.77. The molecular weight excluding hydrogens is 334 g/mol. The van der Waals surface area contributed by atoms with Crippen LogP contribution in [0.25, 0.3) is 0 Å². The predicted octanol–water partition coefficient (Wildman–Crippen LogP) is 3.87. The van der Waals surface area contributed by atoms with Crippen LogP contribution in [0.15, 0.2) is 77.9 Å². The molecule has 0 saturated heterocycles. The Balaban J connectivity index is 1.75. The molecule has 3 aromatic rings. The molecule has 2 aromatic carbocycles. The van der Waals surface area contributed by atoms with Crippen LogP contribution in [-0.4, -0.2) is 10.5 Å². The quantitative estimate of drug-likeness (QED) is 0.686. The zero-order valence-corrected chi connectivity index (χ0v) is 14.1. The molecule has 1 heterocycles. The summed E-state index contributed by atoms with van der Waals surface area (Å²) in [5.74, 6) is -1.41. The number of aryl methyl sites for hydroxylation is 1. The van der Waals surface area contributed by atoms with Gasteiger partial charge < -0.3 is 4.57 Å². The van der Waals surface area contributed by atoms with E-state index >= 15 is 0 Å². The van der Waals surface area contributed by atoms with Gasteiger partial charge in [-0.05, 0) is 47.9 Å². The molecule has 0 spiro atoms. The van der Waals surface area contributed by atoms with Crippen molar-refractivity contribution in [2.75, 3.05) is 0 Å². The van der Waals surface area contributed by atoms with Gasteiger partial charge in [0.2, 0.25) is 5.91 Å². The molecule has 0 aliphatic heterocycles. The Bertz CT molecular complexity index is 965. The summed E-state index contributed by atoms with van der Waals surface area (Å²) in [6.07, 6.45) is 1.98. The number of aromatic nitrogens is 1. The molecule has 1 aromatic heterocycles. The van der Waals surface area contributed by atoms with Crippen molar-refractivity contribution in [2.24, 2.45) is 4.99 Å². The van der Waals surface area contributed by atoms with Gasteiger partial charge >= 0.3 is 0 Å². The second-order valence-electron chi connectivity index (χ2n) is 5.91. The normalized spacial score (nSPS) is 11.5. The van der Waals surface area contributed by atoms with Gasteiger partial charge in [0.25, 0.3) is 0 Å². The lowest BCUT2D eigenvalue weighted by atomic mass is 10.1. The van der Waals surface area contributed by atoms with Gasteiger partial charge in [-0.3, -0.25) is 4.79 Å². The SMILES string of the molecule is O=C(CCc1cc(F)ccc1F)N=c1ccccn1Cc1ccccc1. The first-order valence-corrected chi connectivity index (χ1v) is 8.33. The fourth-order valence-corrected chi connectivity index (χ4v) is 2.64. The van der Waals surface area contributed by atoms with Gasteiger partial charge in [-0.25, -0.2) is 8.78 Å². The number of carbonyl (C=O) groups excluding carboxylic acids is 1. The Kier molecular flexibility index (Phi) is 5.69. The number of hydrogen-bond acceptors (Lipinski definition) is 1.